The average Bonchev–Trinajstić information content (AvgIpc) is 2.47. The zero-order chi connectivity index (χ0) is 14.5. The van der Waals surface area contributed by atoms with E-state index in [9.17, 15) is 9.59 Å². The van der Waals surface area contributed by atoms with Crippen LogP contribution in [0.4, 0.5) is 5.82 Å². The lowest BCUT2D eigenvalue weighted by Gasteiger charge is -2.06. The minimum atomic E-state index is -1.28. The molecule has 1 heterocycles. The van der Waals surface area contributed by atoms with Crippen molar-refractivity contribution in [1.29, 1.82) is 5.26 Å². The van der Waals surface area contributed by atoms with Gasteiger partial charge in [0.15, 0.2) is 11.5 Å². The van der Waals surface area contributed by atoms with Gasteiger partial charge in [0.1, 0.15) is 0 Å². The molecule has 2 aromatic rings. The first-order valence-corrected chi connectivity index (χ1v) is 5.47. The molecule has 2 rings (SSSR count). The van der Waals surface area contributed by atoms with Crippen LogP contribution < -0.4 is 5.32 Å². The molecule has 20 heavy (non-hydrogen) atoms. The Morgan fingerprint density at radius 2 is 1.80 bits per heavy atom. The second kappa shape index (κ2) is 5.58. The average molecular weight is 268 g/mol. The van der Waals surface area contributed by atoms with Crippen molar-refractivity contribution in [2.75, 3.05) is 5.32 Å². The largest absolute Gasteiger partial charge is 0.476 e. The number of anilines is 1. The van der Waals surface area contributed by atoms with Crippen molar-refractivity contribution in [3.05, 3.63) is 53.5 Å². The summed E-state index contributed by atoms with van der Waals surface area (Å²) in [5.41, 5.74) is 0.368. The topological polar surface area (TPSA) is 116 Å². The van der Waals surface area contributed by atoms with Gasteiger partial charge >= 0.3 is 5.97 Å². The summed E-state index contributed by atoms with van der Waals surface area (Å²) in [6.45, 7) is 0. The smallest absolute Gasteiger partial charge is 0.358 e. The van der Waals surface area contributed by atoms with Crippen molar-refractivity contribution in [3.63, 3.8) is 0 Å². The van der Waals surface area contributed by atoms with Gasteiger partial charge < -0.3 is 10.4 Å². The molecule has 98 valence electrons. The highest BCUT2D eigenvalue weighted by Gasteiger charge is 2.15. The Kier molecular flexibility index (Phi) is 3.67. The van der Waals surface area contributed by atoms with Crippen molar-refractivity contribution in [2.24, 2.45) is 0 Å². The van der Waals surface area contributed by atoms with E-state index in [0.717, 1.165) is 0 Å². The number of nitriles is 1. The zero-order valence-corrected chi connectivity index (χ0v) is 10.1. The number of aromatic nitrogens is 2. The lowest BCUT2D eigenvalue weighted by Crippen LogP contribution is -2.17. The maximum absolute atomic E-state index is 11.9. The number of hydrogen-bond acceptors (Lipinski definition) is 5. The number of carboxylic acid groups (broad SMARTS) is 1. The van der Waals surface area contributed by atoms with Gasteiger partial charge in [0.25, 0.3) is 5.91 Å². The number of carboxylic acids is 1. The van der Waals surface area contributed by atoms with Crippen LogP contribution in [0.1, 0.15) is 26.4 Å². The molecule has 0 saturated heterocycles. The summed E-state index contributed by atoms with van der Waals surface area (Å²) in [5.74, 6) is -1.94. The molecule has 0 spiro atoms. The third kappa shape index (κ3) is 2.76. The van der Waals surface area contributed by atoms with E-state index in [1.54, 1.807) is 0 Å². The fourth-order valence-corrected chi connectivity index (χ4v) is 1.46. The summed E-state index contributed by atoms with van der Waals surface area (Å²) < 4.78 is 0. The number of carbonyl (C=O) groups excluding carboxylic acids is 1. The lowest BCUT2D eigenvalue weighted by molar-refractivity contribution is 0.0691. The number of rotatable bonds is 3. The SMILES string of the molecule is N#Cc1ccc(C(=O)Nc2nccnc2C(=O)O)cc1. The summed E-state index contributed by atoms with van der Waals surface area (Å²) in [7, 11) is 0. The Balaban J connectivity index is 2.23. The zero-order valence-electron chi connectivity index (χ0n) is 10.1. The second-order valence-electron chi connectivity index (χ2n) is 3.70. The number of aromatic carboxylic acids is 1. The normalized spacial score (nSPS) is 9.55. The van der Waals surface area contributed by atoms with Gasteiger partial charge in [-0.1, -0.05) is 0 Å². The van der Waals surface area contributed by atoms with E-state index in [-0.39, 0.29) is 17.1 Å². The van der Waals surface area contributed by atoms with Crippen LogP contribution in [0.15, 0.2) is 36.7 Å². The molecule has 0 atom stereocenters. The van der Waals surface area contributed by atoms with E-state index in [1.807, 2.05) is 6.07 Å². The molecule has 0 saturated carbocycles. The van der Waals surface area contributed by atoms with Gasteiger partial charge in [-0.3, -0.25) is 4.79 Å². The van der Waals surface area contributed by atoms with Crippen LogP contribution in [0.3, 0.4) is 0 Å². The Bertz CT molecular complexity index is 704. The van der Waals surface area contributed by atoms with Crippen molar-refractivity contribution in [2.45, 2.75) is 0 Å². The molecule has 2 N–H and O–H groups in total. The molecule has 0 aliphatic heterocycles. The maximum atomic E-state index is 11.9. The first kappa shape index (κ1) is 13.2. The van der Waals surface area contributed by atoms with Gasteiger partial charge in [0.05, 0.1) is 11.6 Å². The quantitative estimate of drug-likeness (QED) is 0.866. The number of amides is 1. The Morgan fingerprint density at radius 3 is 2.40 bits per heavy atom. The van der Waals surface area contributed by atoms with E-state index in [0.29, 0.717) is 5.56 Å². The molecule has 1 aromatic carbocycles. The molecular weight excluding hydrogens is 260 g/mol. The molecule has 1 aromatic heterocycles. The Labute approximate surface area is 113 Å². The number of carbonyl (C=O) groups is 2. The lowest BCUT2D eigenvalue weighted by atomic mass is 10.1. The van der Waals surface area contributed by atoms with E-state index >= 15 is 0 Å². The molecule has 1 amide bonds. The van der Waals surface area contributed by atoms with Crippen LogP contribution in [0, 0.1) is 11.3 Å². The van der Waals surface area contributed by atoms with E-state index in [4.69, 9.17) is 10.4 Å². The first-order chi connectivity index (χ1) is 9.61. The monoisotopic (exact) mass is 268 g/mol. The van der Waals surface area contributed by atoms with Crippen LogP contribution in [0.25, 0.3) is 0 Å². The van der Waals surface area contributed by atoms with Crippen molar-refractivity contribution in [3.8, 4) is 6.07 Å². The van der Waals surface area contributed by atoms with Crippen molar-refractivity contribution >= 4 is 17.7 Å². The van der Waals surface area contributed by atoms with E-state index in [1.165, 1.54) is 36.7 Å². The summed E-state index contributed by atoms with van der Waals surface area (Å²) in [5, 5.41) is 20.0. The maximum Gasteiger partial charge on any atom is 0.358 e. The minimum Gasteiger partial charge on any atom is -0.476 e. The standard InChI is InChI=1S/C13H8N4O3/c14-7-8-1-3-9(4-2-8)12(18)17-11-10(13(19)20)15-5-6-16-11/h1-6H,(H,19,20)(H,16,17,18). The molecule has 0 unspecified atom stereocenters. The van der Waals surface area contributed by atoms with Gasteiger partial charge in [-0.05, 0) is 24.3 Å². The number of nitrogens with one attached hydrogen (secondary N) is 1. The van der Waals surface area contributed by atoms with Crippen molar-refractivity contribution in [1.82, 2.24) is 9.97 Å². The summed E-state index contributed by atoms with van der Waals surface area (Å²) in [6.07, 6.45) is 2.50. The molecular formula is C13H8N4O3. The summed E-state index contributed by atoms with van der Waals surface area (Å²) in [6, 6.07) is 7.84. The fraction of sp³-hybridized carbons (Fsp3) is 0. The third-order valence-electron chi connectivity index (χ3n) is 2.41. The van der Waals surface area contributed by atoms with Crippen molar-refractivity contribution < 1.29 is 14.7 Å². The molecule has 0 aliphatic carbocycles. The predicted octanol–water partition coefficient (Wildman–Crippen LogP) is 1.30. The number of hydrogen-bond donors (Lipinski definition) is 2. The van der Waals surface area contributed by atoms with Gasteiger partial charge in [-0.2, -0.15) is 5.26 Å². The summed E-state index contributed by atoms with van der Waals surface area (Å²) >= 11 is 0. The second-order valence-corrected chi connectivity index (χ2v) is 3.70. The van der Waals surface area contributed by atoms with Gasteiger partial charge in [-0.25, -0.2) is 14.8 Å². The number of benzene rings is 1. The summed E-state index contributed by atoms with van der Waals surface area (Å²) in [4.78, 5) is 30.3. The third-order valence-corrected chi connectivity index (χ3v) is 2.41. The van der Waals surface area contributed by atoms with Crippen LogP contribution in [-0.2, 0) is 0 Å². The van der Waals surface area contributed by atoms with Crippen LogP contribution in [0.5, 0.6) is 0 Å². The fourth-order valence-electron chi connectivity index (χ4n) is 1.46. The molecule has 0 bridgehead atoms. The van der Waals surface area contributed by atoms with Gasteiger partial charge in [0.2, 0.25) is 0 Å². The van der Waals surface area contributed by atoms with Gasteiger partial charge in [0, 0.05) is 18.0 Å². The molecule has 0 fully saturated rings. The highest BCUT2D eigenvalue weighted by molar-refractivity contribution is 6.06. The Hall–Kier alpha value is -3.27. The van der Waals surface area contributed by atoms with E-state index < -0.39 is 11.9 Å². The number of nitrogens with zero attached hydrogens (tertiary/aromatic N) is 3. The highest BCUT2D eigenvalue weighted by atomic mass is 16.4. The Morgan fingerprint density at radius 1 is 1.15 bits per heavy atom. The molecule has 0 aliphatic rings. The molecule has 7 nitrogen and oxygen atoms in total. The van der Waals surface area contributed by atoms with E-state index in [2.05, 4.69) is 15.3 Å². The highest BCUT2D eigenvalue weighted by Crippen LogP contribution is 2.11. The first-order valence-electron chi connectivity index (χ1n) is 5.47. The van der Waals surface area contributed by atoms with Gasteiger partial charge in [-0.15, -0.1) is 0 Å². The predicted molar refractivity (Wildman–Crippen MR) is 68.1 cm³/mol. The minimum absolute atomic E-state index is 0.130. The van der Waals surface area contributed by atoms with Crippen LogP contribution >= 0.6 is 0 Å². The molecule has 7 heteroatoms. The molecule has 0 radical (unpaired) electrons. The van der Waals surface area contributed by atoms with Crippen LogP contribution in [0.2, 0.25) is 0 Å². The van der Waals surface area contributed by atoms with Crippen LogP contribution in [-0.4, -0.2) is 27.0 Å².